The number of nitrogens with one attached hydrogen (secondary N) is 1. The van der Waals surface area contributed by atoms with Crippen LogP contribution in [0.1, 0.15) is 11.4 Å². The fourth-order valence-electron chi connectivity index (χ4n) is 2.21. The van der Waals surface area contributed by atoms with Crippen molar-refractivity contribution in [2.45, 2.75) is 12.4 Å². The molecule has 0 saturated carbocycles. The third-order valence-electron chi connectivity index (χ3n) is 3.36. The summed E-state index contributed by atoms with van der Waals surface area (Å²) in [5.74, 6) is -2.08. The van der Waals surface area contributed by atoms with E-state index in [9.17, 15) is 26.3 Å². The molecule has 0 fully saturated rings. The molecule has 2 aromatic carbocycles. The van der Waals surface area contributed by atoms with Crippen molar-refractivity contribution in [3.8, 4) is 11.5 Å². The SMILES string of the molecule is FC(F)(F)c1nc2c(Cl)cc(Cl)c(Oc3ccc(Cl)c(C(F)(F)F)c3)c2[nH]1. The smallest absolute Gasteiger partial charge is 0.449 e. The summed E-state index contributed by atoms with van der Waals surface area (Å²) >= 11 is 17.3. The van der Waals surface area contributed by atoms with Gasteiger partial charge in [0, 0.05) is 0 Å². The number of imidazole rings is 1. The molecule has 0 unspecified atom stereocenters. The van der Waals surface area contributed by atoms with E-state index in [1.54, 1.807) is 0 Å². The monoisotopic (exact) mass is 448 g/mol. The maximum atomic E-state index is 13.0. The van der Waals surface area contributed by atoms with Gasteiger partial charge >= 0.3 is 12.4 Å². The Bertz CT molecular complexity index is 1030. The molecule has 27 heavy (non-hydrogen) atoms. The first kappa shape index (κ1) is 19.9. The number of alkyl halides is 6. The number of hydrogen-bond acceptors (Lipinski definition) is 2. The van der Waals surface area contributed by atoms with Crippen LogP contribution in [-0.4, -0.2) is 9.97 Å². The zero-order chi connectivity index (χ0) is 20.1. The van der Waals surface area contributed by atoms with Gasteiger partial charge in [-0.3, -0.25) is 0 Å². The molecule has 1 heterocycles. The van der Waals surface area contributed by atoms with Crippen LogP contribution in [0.15, 0.2) is 24.3 Å². The molecule has 0 aliphatic rings. The number of H-pyrrole nitrogens is 1. The Kier molecular flexibility index (Phi) is 4.90. The summed E-state index contributed by atoms with van der Waals surface area (Å²) < 4.78 is 82.9. The maximum Gasteiger partial charge on any atom is 0.449 e. The van der Waals surface area contributed by atoms with Crippen molar-refractivity contribution in [2.24, 2.45) is 0 Å². The number of hydrogen-bond donors (Lipinski definition) is 1. The van der Waals surface area contributed by atoms with E-state index in [0.717, 1.165) is 18.2 Å². The molecule has 0 spiro atoms. The zero-order valence-electron chi connectivity index (χ0n) is 12.6. The molecule has 0 aliphatic carbocycles. The molecule has 3 rings (SSSR count). The number of aromatic amines is 1. The number of halogens is 9. The third-order valence-corrected chi connectivity index (χ3v) is 4.26. The molecule has 12 heteroatoms. The number of benzene rings is 2. The fraction of sp³-hybridized carbons (Fsp3) is 0.133. The van der Waals surface area contributed by atoms with E-state index >= 15 is 0 Å². The minimum absolute atomic E-state index is 0.193. The normalized spacial score (nSPS) is 12.6. The Morgan fingerprint density at radius 2 is 1.52 bits per heavy atom. The van der Waals surface area contributed by atoms with Crippen LogP contribution in [0.25, 0.3) is 11.0 Å². The van der Waals surface area contributed by atoms with Crippen molar-refractivity contribution in [1.29, 1.82) is 0 Å². The molecule has 3 aromatic rings. The Hall–Kier alpha value is -1.84. The first-order chi connectivity index (χ1) is 12.4. The van der Waals surface area contributed by atoms with E-state index in [-0.39, 0.29) is 32.6 Å². The number of nitrogens with zero attached hydrogens (tertiary/aromatic N) is 1. The topological polar surface area (TPSA) is 37.9 Å². The quantitative estimate of drug-likeness (QED) is 0.415. The van der Waals surface area contributed by atoms with Gasteiger partial charge in [0.05, 0.1) is 20.6 Å². The van der Waals surface area contributed by atoms with Gasteiger partial charge < -0.3 is 9.72 Å². The molecule has 0 radical (unpaired) electrons. The Balaban J connectivity index is 2.14. The summed E-state index contributed by atoms with van der Waals surface area (Å²) in [6.45, 7) is 0. The predicted molar refractivity (Wildman–Crippen MR) is 87.6 cm³/mol. The van der Waals surface area contributed by atoms with Gasteiger partial charge in [-0.05, 0) is 24.3 Å². The van der Waals surface area contributed by atoms with E-state index < -0.39 is 28.8 Å². The molecule has 1 aromatic heterocycles. The Morgan fingerprint density at radius 3 is 2.11 bits per heavy atom. The van der Waals surface area contributed by atoms with Crippen molar-refractivity contribution >= 4 is 45.8 Å². The number of aromatic nitrogens is 2. The average Bonchev–Trinajstić information content (AvgIpc) is 2.97. The second kappa shape index (κ2) is 6.65. The Labute approximate surface area is 161 Å². The summed E-state index contributed by atoms with van der Waals surface area (Å²) in [7, 11) is 0. The van der Waals surface area contributed by atoms with E-state index in [4.69, 9.17) is 39.5 Å². The van der Waals surface area contributed by atoms with Gasteiger partial charge in [-0.25, -0.2) is 4.98 Å². The van der Waals surface area contributed by atoms with E-state index in [0.29, 0.717) is 6.07 Å². The zero-order valence-corrected chi connectivity index (χ0v) is 14.8. The lowest BCUT2D eigenvalue weighted by molar-refractivity contribution is -0.144. The lowest BCUT2D eigenvalue weighted by Crippen LogP contribution is -2.07. The molecule has 1 N–H and O–H groups in total. The summed E-state index contributed by atoms with van der Waals surface area (Å²) in [5, 5.41) is -0.988. The van der Waals surface area contributed by atoms with Crippen LogP contribution in [-0.2, 0) is 12.4 Å². The van der Waals surface area contributed by atoms with Gasteiger partial charge in [0.15, 0.2) is 5.75 Å². The highest BCUT2D eigenvalue weighted by Crippen LogP contribution is 2.43. The first-order valence-electron chi connectivity index (χ1n) is 6.87. The third kappa shape index (κ3) is 3.90. The Morgan fingerprint density at radius 1 is 0.852 bits per heavy atom. The summed E-state index contributed by atoms with van der Waals surface area (Å²) in [6.07, 6.45) is -9.57. The highest BCUT2D eigenvalue weighted by atomic mass is 35.5. The fourth-order valence-corrected chi connectivity index (χ4v) is 2.98. The molecule has 0 aliphatic heterocycles. The molecular formula is C15H5Cl3F6N2O. The van der Waals surface area contributed by atoms with Gasteiger partial charge in [-0.2, -0.15) is 26.3 Å². The summed E-state index contributed by atoms with van der Waals surface area (Å²) in [6, 6.07) is 3.71. The number of rotatable bonds is 2. The molecule has 0 amide bonds. The largest absolute Gasteiger partial charge is 0.454 e. The van der Waals surface area contributed by atoms with Gasteiger partial charge in [-0.15, -0.1) is 0 Å². The van der Waals surface area contributed by atoms with Crippen LogP contribution in [0.4, 0.5) is 26.3 Å². The average molecular weight is 450 g/mol. The van der Waals surface area contributed by atoms with Crippen molar-refractivity contribution in [2.75, 3.05) is 0 Å². The minimum atomic E-state index is -4.81. The first-order valence-corrected chi connectivity index (χ1v) is 8.01. The van der Waals surface area contributed by atoms with Crippen molar-refractivity contribution in [3.63, 3.8) is 0 Å². The van der Waals surface area contributed by atoms with Crippen molar-refractivity contribution in [3.05, 3.63) is 50.7 Å². The molecule has 0 saturated heterocycles. The minimum Gasteiger partial charge on any atom is -0.454 e. The molecule has 144 valence electrons. The molecule has 0 atom stereocenters. The van der Waals surface area contributed by atoms with Crippen LogP contribution in [0.2, 0.25) is 15.1 Å². The van der Waals surface area contributed by atoms with Crippen LogP contribution in [0.3, 0.4) is 0 Å². The van der Waals surface area contributed by atoms with Crippen LogP contribution in [0, 0.1) is 0 Å². The van der Waals surface area contributed by atoms with Crippen LogP contribution < -0.4 is 4.74 Å². The second-order valence-corrected chi connectivity index (χ2v) is 6.44. The standard InChI is InChI=1S/C15H5Cl3F6N2O/c16-7-2-1-5(3-6(7)14(19,20)21)27-12-9(18)4-8(17)10-11(12)26-13(25-10)15(22,23)24/h1-4H,(H,25,26). The highest BCUT2D eigenvalue weighted by molar-refractivity contribution is 6.39. The number of fused-ring (bicyclic) bond motifs is 1. The second-order valence-electron chi connectivity index (χ2n) is 5.22. The predicted octanol–water partition coefficient (Wildman–Crippen LogP) is 7.35. The summed E-state index contributed by atoms with van der Waals surface area (Å²) in [5.41, 5.74) is -1.79. The maximum absolute atomic E-state index is 13.0. The van der Waals surface area contributed by atoms with Crippen molar-refractivity contribution in [1.82, 2.24) is 9.97 Å². The van der Waals surface area contributed by atoms with E-state index in [2.05, 4.69) is 4.98 Å². The molecular weight excluding hydrogens is 445 g/mol. The van der Waals surface area contributed by atoms with E-state index in [1.807, 2.05) is 4.98 Å². The van der Waals surface area contributed by atoms with Crippen LogP contribution >= 0.6 is 34.8 Å². The van der Waals surface area contributed by atoms with Gasteiger partial charge in [0.1, 0.15) is 16.8 Å². The number of ether oxygens (including phenoxy) is 1. The van der Waals surface area contributed by atoms with Crippen LogP contribution in [0.5, 0.6) is 11.5 Å². The highest BCUT2D eigenvalue weighted by Gasteiger charge is 2.36. The lowest BCUT2D eigenvalue weighted by atomic mass is 10.2. The van der Waals surface area contributed by atoms with Gasteiger partial charge in [0.2, 0.25) is 5.82 Å². The van der Waals surface area contributed by atoms with Gasteiger partial charge in [-0.1, -0.05) is 34.8 Å². The van der Waals surface area contributed by atoms with E-state index in [1.165, 1.54) is 0 Å². The molecule has 0 bridgehead atoms. The lowest BCUT2D eigenvalue weighted by Gasteiger charge is -2.13. The van der Waals surface area contributed by atoms with Gasteiger partial charge in [0.25, 0.3) is 0 Å². The molecule has 3 nitrogen and oxygen atoms in total. The van der Waals surface area contributed by atoms with Crippen molar-refractivity contribution < 1.29 is 31.1 Å². The summed E-state index contributed by atoms with van der Waals surface area (Å²) in [4.78, 5) is 5.33.